The van der Waals surface area contributed by atoms with Crippen LogP contribution in [0.25, 0.3) is 11.5 Å². The summed E-state index contributed by atoms with van der Waals surface area (Å²) in [7, 11) is 0. The molecule has 3 aromatic rings. The van der Waals surface area contributed by atoms with E-state index in [1.807, 2.05) is 55.5 Å². The summed E-state index contributed by atoms with van der Waals surface area (Å²) in [5.74, 6) is 1.35. The van der Waals surface area contributed by atoms with Crippen LogP contribution in [0.1, 0.15) is 48.4 Å². The topological polar surface area (TPSA) is 68.0 Å². The minimum absolute atomic E-state index is 0.139. The monoisotopic (exact) mass is 335 g/mol. The Morgan fingerprint density at radius 1 is 1.16 bits per heavy atom. The highest BCUT2D eigenvalue weighted by atomic mass is 16.5. The average molecular weight is 335 g/mol. The second kappa shape index (κ2) is 7.30. The van der Waals surface area contributed by atoms with Gasteiger partial charge in [-0.2, -0.15) is 4.98 Å². The summed E-state index contributed by atoms with van der Waals surface area (Å²) in [4.78, 5) is 16.8. The molecule has 0 fully saturated rings. The lowest BCUT2D eigenvalue weighted by molar-refractivity contribution is 0.102. The first-order valence-corrected chi connectivity index (χ1v) is 8.41. The molecule has 1 heterocycles. The quantitative estimate of drug-likeness (QED) is 0.735. The van der Waals surface area contributed by atoms with E-state index in [4.69, 9.17) is 4.52 Å². The Kier molecular flexibility index (Phi) is 4.93. The van der Waals surface area contributed by atoms with Crippen molar-refractivity contribution in [2.75, 3.05) is 5.32 Å². The van der Waals surface area contributed by atoms with Crippen molar-refractivity contribution in [3.8, 4) is 11.5 Å². The fraction of sp³-hybridized carbons (Fsp3) is 0.250. The molecule has 0 aliphatic rings. The van der Waals surface area contributed by atoms with Crippen LogP contribution in [0, 0.1) is 0 Å². The Hall–Kier alpha value is -2.95. The maximum atomic E-state index is 12.5. The van der Waals surface area contributed by atoms with Crippen LogP contribution in [0.5, 0.6) is 0 Å². The summed E-state index contributed by atoms with van der Waals surface area (Å²) in [5.41, 5.74) is 3.25. The highest BCUT2D eigenvalue weighted by Crippen LogP contribution is 2.22. The summed E-state index contributed by atoms with van der Waals surface area (Å²) in [6.45, 7) is 6.18. The smallest absolute Gasteiger partial charge is 0.257 e. The van der Waals surface area contributed by atoms with Crippen LogP contribution in [-0.4, -0.2) is 16.0 Å². The molecule has 1 aromatic heterocycles. The van der Waals surface area contributed by atoms with E-state index in [1.165, 1.54) is 0 Å². The van der Waals surface area contributed by atoms with E-state index in [2.05, 4.69) is 29.3 Å². The van der Waals surface area contributed by atoms with E-state index < -0.39 is 0 Å². The zero-order valence-electron chi connectivity index (χ0n) is 14.6. The van der Waals surface area contributed by atoms with Crippen LogP contribution in [0.3, 0.4) is 0 Å². The van der Waals surface area contributed by atoms with Gasteiger partial charge in [-0.05, 0) is 41.8 Å². The largest absolute Gasteiger partial charge is 0.334 e. The SMILES string of the molecule is CCc1noc(-c2cccc(NC(=O)c3cccc(C(C)C)c3)c2)n1. The van der Waals surface area contributed by atoms with Gasteiger partial charge in [0.25, 0.3) is 11.8 Å². The zero-order valence-corrected chi connectivity index (χ0v) is 14.6. The number of nitrogens with zero attached hydrogens (tertiary/aromatic N) is 2. The van der Waals surface area contributed by atoms with Crippen LogP contribution in [-0.2, 0) is 6.42 Å². The van der Waals surface area contributed by atoms with Crippen molar-refractivity contribution >= 4 is 11.6 Å². The molecule has 3 rings (SSSR count). The van der Waals surface area contributed by atoms with E-state index >= 15 is 0 Å². The lowest BCUT2D eigenvalue weighted by atomic mass is 10.0. The maximum Gasteiger partial charge on any atom is 0.257 e. The molecule has 1 N–H and O–H groups in total. The molecule has 25 heavy (non-hydrogen) atoms. The van der Waals surface area contributed by atoms with E-state index in [9.17, 15) is 4.79 Å². The van der Waals surface area contributed by atoms with Crippen molar-refractivity contribution in [2.24, 2.45) is 0 Å². The third kappa shape index (κ3) is 3.94. The van der Waals surface area contributed by atoms with Crippen molar-refractivity contribution < 1.29 is 9.32 Å². The average Bonchev–Trinajstić information content (AvgIpc) is 3.11. The highest BCUT2D eigenvalue weighted by molar-refractivity contribution is 6.04. The molecule has 1 amide bonds. The van der Waals surface area contributed by atoms with Crippen molar-refractivity contribution in [3.63, 3.8) is 0 Å². The van der Waals surface area contributed by atoms with Crippen LogP contribution in [0.2, 0.25) is 0 Å². The van der Waals surface area contributed by atoms with E-state index in [0.29, 0.717) is 35.3 Å². The lowest BCUT2D eigenvalue weighted by Crippen LogP contribution is -2.12. The molecule has 0 radical (unpaired) electrons. The van der Waals surface area contributed by atoms with Gasteiger partial charge in [0, 0.05) is 23.2 Å². The first kappa shape index (κ1) is 16.9. The van der Waals surface area contributed by atoms with Crippen molar-refractivity contribution in [3.05, 3.63) is 65.5 Å². The summed E-state index contributed by atoms with van der Waals surface area (Å²) in [6.07, 6.45) is 0.714. The second-order valence-corrected chi connectivity index (χ2v) is 6.18. The molecular formula is C20H21N3O2. The van der Waals surface area contributed by atoms with Gasteiger partial charge in [0.05, 0.1) is 0 Å². The minimum Gasteiger partial charge on any atom is -0.334 e. The number of rotatable bonds is 5. The molecule has 0 bridgehead atoms. The number of nitrogens with one attached hydrogen (secondary N) is 1. The lowest BCUT2D eigenvalue weighted by Gasteiger charge is -2.09. The maximum absolute atomic E-state index is 12.5. The first-order valence-electron chi connectivity index (χ1n) is 8.41. The predicted molar refractivity (Wildman–Crippen MR) is 97.6 cm³/mol. The predicted octanol–water partition coefficient (Wildman–Crippen LogP) is 4.67. The molecule has 0 saturated carbocycles. The molecule has 128 valence electrons. The summed E-state index contributed by atoms with van der Waals surface area (Å²) < 4.78 is 5.25. The number of amides is 1. The molecule has 0 unspecified atom stereocenters. The number of carbonyl (C=O) groups excluding carboxylic acids is 1. The standard InChI is InChI=1S/C20H21N3O2/c1-4-18-22-20(25-23-18)16-9-6-10-17(12-16)21-19(24)15-8-5-7-14(11-15)13(2)3/h5-13H,4H2,1-3H3,(H,21,24). The minimum atomic E-state index is -0.139. The van der Waals surface area contributed by atoms with Gasteiger partial charge in [-0.15, -0.1) is 0 Å². The van der Waals surface area contributed by atoms with E-state index in [1.54, 1.807) is 0 Å². The number of aromatic nitrogens is 2. The van der Waals surface area contributed by atoms with Crippen LogP contribution in [0.15, 0.2) is 53.1 Å². The Balaban J connectivity index is 1.80. The first-order chi connectivity index (χ1) is 12.1. The number of carbonyl (C=O) groups is 1. The van der Waals surface area contributed by atoms with E-state index in [-0.39, 0.29) is 5.91 Å². The molecule has 0 aliphatic heterocycles. The Morgan fingerprint density at radius 3 is 2.68 bits per heavy atom. The Bertz CT molecular complexity index is 884. The van der Waals surface area contributed by atoms with Gasteiger partial charge >= 0.3 is 0 Å². The van der Waals surface area contributed by atoms with Gasteiger partial charge in [0.1, 0.15) is 0 Å². The number of hydrogen-bond donors (Lipinski definition) is 1. The molecule has 5 nitrogen and oxygen atoms in total. The second-order valence-electron chi connectivity index (χ2n) is 6.18. The van der Waals surface area contributed by atoms with Crippen LogP contribution >= 0.6 is 0 Å². The summed E-state index contributed by atoms with van der Waals surface area (Å²) in [5, 5.41) is 6.83. The molecular weight excluding hydrogens is 314 g/mol. The molecule has 5 heteroatoms. The van der Waals surface area contributed by atoms with Gasteiger partial charge < -0.3 is 9.84 Å². The third-order valence-corrected chi connectivity index (χ3v) is 3.97. The number of aryl methyl sites for hydroxylation is 1. The fourth-order valence-corrected chi connectivity index (χ4v) is 2.49. The van der Waals surface area contributed by atoms with Gasteiger partial charge in [0.2, 0.25) is 0 Å². The molecule has 0 spiro atoms. The molecule has 0 atom stereocenters. The van der Waals surface area contributed by atoms with Crippen molar-refractivity contribution in [1.82, 2.24) is 10.1 Å². The van der Waals surface area contributed by atoms with Crippen LogP contribution < -0.4 is 5.32 Å². The van der Waals surface area contributed by atoms with Crippen LogP contribution in [0.4, 0.5) is 5.69 Å². The van der Waals surface area contributed by atoms with Gasteiger partial charge in [-0.25, -0.2) is 0 Å². The van der Waals surface area contributed by atoms with Crippen molar-refractivity contribution in [2.45, 2.75) is 33.1 Å². The number of anilines is 1. The zero-order chi connectivity index (χ0) is 17.8. The highest BCUT2D eigenvalue weighted by Gasteiger charge is 2.11. The van der Waals surface area contributed by atoms with E-state index in [0.717, 1.165) is 11.1 Å². The van der Waals surface area contributed by atoms with Crippen molar-refractivity contribution in [1.29, 1.82) is 0 Å². The number of hydrogen-bond acceptors (Lipinski definition) is 4. The summed E-state index contributed by atoms with van der Waals surface area (Å²) in [6, 6.07) is 15.1. The molecule has 2 aromatic carbocycles. The normalized spacial score (nSPS) is 10.9. The molecule has 0 saturated heterocycles. The molecule has 0 aliphatic carbocycles. The fourth-order valence-electron chi connectivity index (χ4n) is 2.49. The van der Waals surface area contributed by atoms with Gasteiger partial charge in [-0.3, -0.25) is 4.79 Å². The van der Waals surface area contributed by atoms with Gasteiger partial charge in [-0.1, -0.05) is 44.1 Å². The Labute approximate surface area is 147 Å². The summed E-state index contributed by atoms with van der Waals surface area (Å²) >= 11 is 0. The number of benzene rings is 2. The van der Waals surface area contributed by atoms with Gasteiger partial charge in [0.15, 0.2) is 5.82 Å². The Morgan fingerprint density at radius 2 is 1.96 bits per heavy atom. The third-order valence-electron chi connectivity index (χ3n) is 3.97.